The van der Waals surface area contributed by atoms with Gasteiger partial charge < -0.3 is 4.74 Å². The minimum Gasteiger partial charge on any atom is -0.386 e. The second-order valence-electron chi connectivity index (χ2n) is 4.60. The molecule has 0 N–H and O–H groups in total. The van der Waals surface area contributed by atoms with Crippen LogP contribution in [0, 0.1) is 0 Å². The van der Waals surface area contributed by atoms with Crippen LogP contribution in [0.25, 0.3) is 17.7 Å². The molecule has 0 aromatic heterocycles. The molecule has 0 atom stereocenters. The quantitative estimate of drug-likeness (QED) is 0.490. The summed E-state index contributed by atoms with van der Waals surface area (Å²) < 4.78 is 4.55. The number of carbonyl (C=O) groups excluding carboxylic acids is 2. The summed E-state index contributed by atoms with van der Waals surface area (Å²) in [6.07, 6.45) is 5.11. The Balaban J connectivity index is 1.98. The molecule has 0 radical (unpaired) electrons. The molecule has 2 aromatic rings. The van der Waals surface area contributed by atoms with E-state index in [0.29, 0.717) is 11.1 Å². The summed E-state index contributed by atoms with van der Waals surface area (Å²) in [7, 11) is 0. The maximum absolute atomic E-state index is 11.7. The lowest BCUT2D eigenvalue weighted by atomic mass is 9.99. The molecule has 0 unspecified atom stereocenters. The monoisotopic (exact) mass is 276 g/mol. The highest BCUT2D eigenvalue weighted by Crippen LogP contribution is 2.25. The minimum absolute atomic E-state index is 0.299. The Morgan fingerprint density at radius 2 is 1.52 bits per heavy atom. The molecule has 1 heterocycles. The number of hydrogen-bond acceptors (Lipinski definition) is 3. The third-order valence-electron chi connectivity index (χ3n) is 3.18. The molecule has 0 bridgehead atoms. The highest BCUT2D eigenvalue weighted by atomic mass is 16.6. The van der Waals surface area contributed by atoms with E-state index < -0.39 is 11.9 Å². The summed E-state index contributed by atoms with van der Waals surface area (Å²) >= 11 is 0. The van der Waals surface area contributed by atoms with Crippen molar-refractivity contribution < 1.29 is 14.3 Å². The number of rotatable bonds is 3. The van der Waals surface area contributed by atoms with Crippen LogP contribution in [0.2, 0.25) is 0 Å². The number of benzene rings is 2. The van der Waals surface area contributed by atoms with Crippen LogP contribution >= 0.6 is 0 Å². The van der Waals surface area contributed by atoms with E-state index in [1.807, 2.05) is 60.7 Å². The zero-order chi connectivity index (χ0) is 14.7. The van der Waals surface area contributed by atoms with Gasteiger partial charge in [-0.2, -0.15) is 0 Å². The Labute approximate surface area is 122 Å². The molecule has 0 aliphatic carbocycles. The molecule has 3 nitrogen and oxygen atoms in total. The lowest BCUT2D eigenvalue weighted by Gasteiger charge is -2.04. The van der Waals surface area contributed by atoms with Gasteiger partial charge in [-0.1, -0.05) is 66.7 Å². The van der Waals surface area contributed by atoms with Crippen LogP contribution in [0.15, 0.2) is 60.7 Å². The standard InChI is InChI=1S/C18H12O3/c19-17-12-16(18(20)21-17)15-9-5-4-8-14(15)11-10-13-6-2-1-3-7-13/h1-12H. The van der Waals surface area contributed by atoms with Gasteiger partial charge in [0.25, 0.3) is 0 Å². The number of esters is 2. The molecule has 1 aliphatic heterocycles. The van der Waals surface area contributed by atoms with Gasteiger partial charge in [0.2, 0.25) is 0 Å². The molecule has 0 saturated heterocycles. The lowest BCUT2D eigenvalue weighted by Crippen LogP contribution is -2.02. The van der Waals surface area contributed by atoms with Gasteiger partial charge in [-0.25, -0.2) is 9.59 Å². The molecule has 102 valence electrons. The first kappa shape index (κ1) is 13.1. The van der Waals surface area contributed by atoms with Gasteiger partial charge in [-0.05, 0) is 16.7 Å². The molecule has 1 aliphatic rings. The van der Waals surface area contributed by atoms with Gasteiger partial charge in [-0.15, -0.1) is 0 Å². The predicted molar refractivity (Wildman–Crippen MR) is 80.9 cm³/mol. The first-order valence-corrected chi connectivity index (χ1v) is 6.54. The fourth-order valence-electron chi connectivity index (χ4n) is 2.18. The van der Waals surface area contributed by atoms with E-state index in [2.05, 4.69) is 4.74 Å². The Bertz CT molecular complexity index is 755. The molecule has 3 heteroatoms. The number of ether oxygens (including phenoxy) is 1. The summed E-state index contributed by atoms with van der Waals surface area (Å²) in [5.41, 5.74) is 2.92. The van der Waals surface area contributed by atoms with Gasteiger partial charge in [0.05, 0.1) is 5.57 Å². The van der Waals surface area contributed by atoms with E-state index in [0.717, 1.165) is 11.1 Å². The number of carbonyl (C=O) groups is 2. The number of cyclic esters (lactones) is 2. The topological polar surface area (TPSA) is 43.4 Å². The predicted octanol–water partition coefficient (Wildman–Crippen LogP) is 3.32. The Morgan fingerprint density at radius 3 is 2.24 bits per heavy atom. The highest BCUT2D eigenvalue weighted by Gasteiger charge is 2.25. The average Bonchev–Trinajstić information content (AvgIpc) is 2.85. The van der Waals surface area contributed by atoms with Crippen LogP contribution in [-0.2, 0) is 14.3 Å². The van der Waals surface area contributed by atoms with Crippen molar-refractivity contribution in [1.29, 1.82) is 0 Å². The van der Waals surface area contributed by atoms with E-state index in [4.69, 9.17) is 0 Å². The van der Waals surface area contributed by atoms with Crippen LogP contribution in [0.5, 0.6) is 0 Å². The minimum atomic E-state index is -0.614. The van der Waals surface area contributed by atoms with Crippen LogP contribution in [0.3, 0.4) is 0 Å². The Kier molecular flexibility index (Phi) is 3.48. The fraction of sp³-hybridized carbons (Fsp3) is 0. The first-order valence-electron chi connectivity index (χ1n) is 6.54. The van der Waals surface area contributed by atoms with Crippen LogP contribution in [0.4, 0.5) is 0 Å². The van der Waals surface area contributed by atoms with E-state index in [1.54, 1.807) is 6.07 Å². The largest absolute Gasteiger partial charge is 0.386 e. The van der Waals surface area contributed by atoms with Gasteiger partial charge in [-0.3, -0.25) is 0 Å². The third-order valence-corrected chi connectivity index (χ3v) is 3.18. The number of hydrogen-bond donors (Lipinski definition) is 0. The summed E-state index contributed by atoms with van der Waals surface area (Å²) in [5, 5.41) is 0. The Morgan fingerprint density at radius 1 is 0.810 bits per heavy atom. The Hall–Kier alpha value is -2.94. The van der Waals surface area contributed by atoms with Crippen molar-refractivity contribution in [3.63, 3.8) is 0 Å². The SMILES string of the molecule is O=C1C=C(c2ccccc2C=Cc2ccccc2)C(=O)O1. The van der Waals surface area contributed by atoms with Crippen molar-refractivity contribution >= 4 is 29.7 Å². The van der Waals surface area contributed by atoms with Crippen molar-refractivity contribution in [2.24, 2.45) is 0 Å². The molecule has 0 fully saturated rings. The van der Waals surface area contributed by atoms with Crippen molar-refractivity contribution in [2.45, 2.75) is 0 Å². The first-order chi connectivity index (χ1) is 10.2. The molecular weight excluding hydrogens is 264 g/mol. The van der Waals surface area contributed by atoms with Crippen LogP contribution in [0.1, 0.15) is 16.7 Å². The van der Waals surface area contributed by atoms with E-state index in [-0.39, 0.29) is 0 Å². The van der Waals surface area contributed by atoms with E-state index >= 15 is 0 Å². The van der Waals surface area contributed by atoms with Crippen molar-refractivity contribution in [3.8, 4) is 0 Å². The van der Waals surface area contributed by atoms with E-state index in [1.165, 1.54) is 6.08 Å². The summed E-state index contributed by atoms with van der Waals surface area (Å²) in [5.74, 6) is -1.21. The van der Waals surface area contributed by atoms with Crippen molar-refractivity contribution in [2.75, 3.05) is 0 Å². The fourth-order valence-corrected chi connectivity index (χ4v) is 2.18. The normalized spacial score (nSPS) is 14.4. The summed E-state index contributed by atoms with van der Waals surface area (Å²) in [6, 6.07) is 17.3. The van der Waals surface area contributed by atoms with E-state index in [9.17, 15) is 9.59 Å². The molecular formula is C18H12O3. The lowest BCUT2D eigenvalue weighted by molar-refractivity contribution is -0.149. The molecule has 2 aromatic carbocycles. The molecule has 0 saturated carbocycles. The second kappa shape index (κ2) is 5.59. The maximum Gasteiger partial charge on any atom is 0.346 e. The van der Waals surface area contributed by atoms with Gasteiger partial charge in [0.1, 0.15) is 0 Å². The van der Waals surface area contributed by atoms with Crippen molar-refractivity contribution in [3.05, 3.63) is 77.4 Å². The smallest absolute Gasteiger partial charge is 0.346 e. The second-order valence-corrected chi connectivity index (χ2v) is 4.60. The maximum atomic E-state index is 11.7. The highest BCUT2D eigenvalue weighted by molar-refractivity contribution is 6.28. The van der Waals surface area contributed by atoms with Crippen LogP contribution < -0.4 is 0 Å². The zero-order valence-corrected chi connectivity index (χ0v) is 11.2. The van der Waals surface area contributed by atoms with Gasteiger partial charge in [0.15, 0.2) is 0 Å². The van der Waals surface area contributed by atoms with Crippen molar-refractivity contribution in [1.82, 2.24) is 0 Å². The zero-order valence-electron chi connectivity index (χ0n) is 11.2. The third kappa shape index (κ3) is 2.82. The average molecular weight is 276 g/mol. The van der Waals surface area contributed by atoms with Crippen LogP contribution in [-0.4, -0.2) is 11.9 Å². The summed E-state index contributed by atoms with van der Waals surface area (Å²) in [6.45, 7) is 0. The van der Waals surface area contributed by atoms with Gasteiger partial charge >= 0.3 is 11.9 Å². The molecule has 3 rings (SSSR count). The van der Waals surface area contributed by atoms with Gasteiger partial charge in [0, 0.05) is 6.08 Å². The molecule has 21 heavy (non-hydrogen) atoms. The molecule has 0 spiro atoms. The summed E-state index contributed by atoms with van der Waals surface area (Å²) in [4.78, 5) is 22.9. The molecule has 0 amide bonds.